The molecule has 0 unspecified atom stereocenters. The van der Waals surface area contributed by atoms with Crippen molar-refractivity contribution < 1.29 is 23.8 Å². The highest BCUT2D eigenvalue weighted by atomic mass is 79.9. The van der Waals surface area contributed by atoms with Gasteiger partial charge in [0.15, 0.2) is 11.5 Å². The molecule has 3 rings (SSSR count). The van der Waals surface area contributed by atoms with Crippen LogP contribution in [0, 0.1) is 0 Å². The summed E-state index contributed by atoms with van der Waals surface area (Å²) < 4.78 is 18.8. The van der Waals surface area contributed by atoms with Crippen LogP contribution in [0.25, 0.3) is 6.08 Å². The Kier molecular flexibility index (Phi) is 10.6. The van der Waals surface area contributed by atoms with Crippen LogP contribution in [0.1, 0.15) is 37.3 Å². The van der Waals surface area contributed by atoms with Gasteiger partial charge in [-0.05, 0) is 70.2 Å². The molecular formula is C25H25Br2NO5S2. The number of thioether (sulfide) groups is 1. The molecule has 1 amide bonds. The van der Waals surface area contributed by atoms with Gasteiger partial charge in [0.2, 0.25) is 0 Å². The molecule has 1 heterocycles. The summed E-state index contributed by atoms with van der Waals surface area (Å²) in [5.74, 6) is 0.693. The maximum atomic E-state index is 12.9. The Morgan fingerprint density at radius 2 is 1.94 bits per heavy atom. The molecule has 0 aliphatic carbocycles. The van der Waals surface area contributed by atoms with Crippen LogP contribution in [0.3, 0.4) is 0 Å². The zero-order valence-corrected chi connectivity index (χ0v) is 24.1. The van der Waals surface area contributed by atoms with E-state index < -0.39 is 0 Å². The molecular weight excluding hydrogens is 618 g/mol. The van der Waals surface area contributed by atoms with Crippen molar-refractivity contribution in [2.24, 2.45) is 0 Å². The van der Waals surface area contributed by atoms with E-state index in [0.29, 0.717) is 51.4 Å². The summed E-state index contributed by atoms with van der Waals surface area (Å²) in [6.07, 6.45) is 3.30. The van der Waals surface area contributed by atoms with Gasteiger partial charge in [0.1, 0.15) is 10.9 Å². The summed E-state index contributed by atoms with van der Waals surface area (Å²) in [5.41, 5.74) is 1.79. The monoisotopic (exact) mass is 641 g/mol. The van der Waals surface area contributed by atoms with E-state index in [0.717, 1.165) is 22.0 Å². The third kappa shape index (κ3) is 7.80. The number of methoxy groups -OCH3 is 1. The zero-order valence-electron chi connectivity index (χ0n) is 19.3. The highest BCUT2D eigenvalue weighted by Crippen LogP contribution is 2.39. The number of nitrogens with zero attached hydrogens (tertiary/aromatic N) is 1. The fraction of sp³-hybridized carbons (Fsp3) is 0.320. The normalized spacial score (nSPS) is 14.5. The maximum absolute atomic E-state index is 12.9. The van der Waals surface area contributed by atoms with Crippen molar-refractivity contribution in [3.63, 3.8) is 0 Å². The Morgan fingerprint density at radius 3 is 2.63 bits per heavy atom. The molecule has 1 aliphatic rings. The topological polar surface area (TPSA) is 65.1 Å². The van der Waals surface area contributed by atoms with Gasteiger partial charge in [-0.3, -0.25) is 14.5 Å². The fourth-order valence-electron chi connectivity index (χ4n) is 3.21. The standard InChI is InChI=1S/C25H25Br2NO5S2/c1-3-11-32-22(29)5-4-10-28-24(30)21(35-25(28)34)14-17-12-19(27)23(20(13-17)31-2)33-15-16-6-8-18(26)9-7-16/h6-9,12-14H,3-5,10-11,15H2,1-2H3/b21-14+. The molecule has 0 radical (unpaired) electrons. The van der Waals surface area contributed by atoms with Gasteiger partial charge in [-0.2, -0.15) is 0 Å². The minimum atomic E-state index is -0.257. The van der Waals surface area contributed by atoms with Crippen LogP contribution in [0.2, 0.25) is 0 Å². The van der Waals surface area contributed by atoms with Crippen molar-refractivity contribution in [3.05, 3.63) is 61.4 Å². The Labute approximate surface area is 231 Å². The minimum absolute atomic E-state index is 0.174. The lowest BCUT2D eigenvalue weighted by molar-refractivity contribution is -0.144. The number of carbonyl (C=O) groups is 2. The van der Waals surface area contributed by atoms with Crippen molar-refractivity contribution in [2.75, 3.05) is 20.3 Å². The maximum Gasteiger partial charge on any atom is 0.305 e. The Balaban J connectivity index is 1.67. The second-order valence-corrected chi connectivity index (χ2v) is 11.1. The molecule has 0 bridgehead atoms. The predicted molar refractivity (Wildman–Crippen MR) is 150 cm³/mol. The molecule has 10 heteroatoms. The number of amides is 1. The van der Waals surface area contributed by atoms with Gasteiger partial charge >= 0.3 is 5.97 Å². The molecule has 35 heavy (non-hydrogen) atoms. The van der Waals surface area contributed by atoms with Gasteiger partial charge in [0, 0.05) is 17.4 Å². The number of rotatable bonds is 11. The largest absolute Gasteiger partial charge is 0.493 e. The average Bonchev–Trinajstić information content (AvgIpc) is 3.10. The summed E-state index contributed by atoms with van der Waals surface area (Å²) in [7, 11) is 1.57. The second-order valence-electron chi connectivity index (χ2n) is 7.61. The van der Waals surface area contributed by atoms with Gasteiger partial charge < -0.3 is 14.2 Å². The number of thiocarbonyl (C=S) groups is 1. The molecule has 2 aromatic rings. The summed E-state index contributed by atoms with van der Waals surface area (Å²) in [6, 6.07) is 11.6. The first kappa shape index (κ1) is 27.7. The molecule has 6 nitrogen and oxygen atoms in total. The fourth-order valence-corrected chi connectivity index (χ4v) is 5.36. The van der Waals surface area contributed by atoms with Crippen LogP contribution in [-0.2, 0) is 20.9 Å². The van der Waals surface area contributed by atoms with Crippen LogP contribution < -0.4 is 9.47 Å². The highest BCUT2D eigenvalue weighted by Gasteiger charge is 2.31. The number of hydrogen-bond acceptors (Lipinski definition) is 7. The van der Waals surface area contributed by atoms with E-state index in [-0.39, 0.29) is 18.3 Å². The van der Waals surface area contributed by atoms with Crippen molar-refractivity contribution in [3.8, 4) is 11.5 Å². The molecule has 0 N–H and O–H groups in total. The van der Waals surface area contributed by atoms with Gasteiger partial charge in [0.05, 0.1) is 23.1 Å². The third-order valence-electron chi connectivity index (χ3n) is 4.95. The molecule has 1 saturated heterocycles. The molecule has 0 atom stereocenters. The first-order valence-electron chi connectivity index (χ1n) is 11.0. The molecule has 1 fully saturated rings. The molecule has 0 spiro atoms. The average molecular weight is 643 g/mol. The summed E-state index contributed by atoms with van der Waals surface area (Å²) >= 11 is 13.6. The minimum Gasteiger partial charge on any atom is -0.493 e. The number of esters is 1. The zero-order chi connectivity index (χ0) is 25.4. The molecule has 0 aromatic heterocycles. The first-order valence-corrected chi connectivity index (χ1v) is 13.8. The van der Waals surface area contributed by atoms with Crippen LogP contribution in [0.4, 0.5) is 0 Å². The summed E-state index contributed by atoms with van der Waals surface area (Å²) in [4.78, 5) is 26.7. The lowest BCUT2D eigenvalue weighted by Gasteiger charge is -2.14. The SMILES string of the molecule is CCCOC(=O)CCCN1C(=O)/C(=C\c2cc(Br)c(OCc3ccc(Br)cc3)c(OC)c2)SC1=S. The molecule has 1 aliphatic heterocycles. The number of halogens is 2. The van der Waals surface area contributed by atoms with Crippen LogP contribution in [-0.4, -0.2) is 41.4 Å². The lowest BCUT2D eigenvalue weighted by atomic mass is 10.1. The van der Waals surface area contributed by atoms with E-state index in [1.807, 2.05) is 43.3 Å². The number of carbonyl (C=O) groups excluding carboxylic acids is 2. The van der Waals surface area contributed by atoms with Gasteiger partial charge in [-0.25, -0.2) is 0 Å². The smallest absolute Gasteiger partial charge is 0.305 e. The van der Waals surface area contributed by atoms with Gasteiger partial charge in [-0.1, -0.05) is 59.0 Å². The summed E-state index contributed by atoms with van der Waals surface area (Å²) in [5, 5.41) is 0. The van der Waals surface area contributed by atoms with Gasteiger partial charge in [0.25, 0.3) is 5.91 Å². The van der Waals surface area contributed by atoms with Crippen LogP contribution in [0.5, 0.6) is 11.5 Å². The molecule has 2 aromatic carbocycles. The van der Waals surface area contributed by atoms with E-state index in [1.165, 1.54) is 16.7 Å². The lowest BCUT2D eigenvalue weighted by Crippen LogP contribution is -2.29. The molecule has 186 valence electrons. The Hall–Kier alpha value is -1.88. The van der Waals surface area contributed by atoms with Crippen molar-refractivity contribution in [2.45, 2.75) is 32.8 Å². The van der Waals surface area contributed by atoms with E-state index in [2.05, 4.69) is 31.9 Å². The van der Waals surface area contributed by atoms with E-state index in [9.17, 15) is 9.59 Å². The van der Waals surface area contributed by atoms with Crippen LogP contribution in [0.15, 0.2) is 50.2 Å². The van der Waals surface area contributed by atoms with E-state index in [4.69, 9.17) is 26.4 Å². The van der Waals surface area contributed by atoms with E-state index >= 15 is 0 Å². The molecule has 0 saturated carbocycles. The van der Waals surface area contributed by atoms with E-state index in [1.54, 1.807) is 13.2 Å². The van der Waals surface area contributed by atoms with Crippen LogP contribution >= 0.6 is 55.8 Å². The number of benzene rings is 2. The summed E-state index contributed by atoms with van der Waals surface area (Å²) in [6.45, 7) is 3.11. The highest BCUT2D eigenvalue weighted by molar-refractivity contribution is 9.10. The quantitative estimate of drug-likeness (QED) is 0.153. The van der Waals surface area contributed by atoms with Gasteiger partial charge in [-0.15, -0.1) is 0 Å². The van der Waals surface area contributed by atoms with Crippen molar-refractivity contribution >= 4 is 78.1 Å². The Morgan fingerprint density at radius 1 is 1.20 bits per heavy atom. The first-order chi connectivity index (χ1) is 16.8. The number of ether oxygens (including phenoxy) is 3. The number of hydrogen-bond donors (Lipinski definition) is 0. The Bertz CT molecular complexity index is 1120. The second kappa shape index (κ2) is 13.4. The van der Waals surface area contributed by atoms with Crippen molar-refractivity contribution in [1.82, 2.24) is 4.90 Å². The third-order valence-corrected chi connectivity index (χ3v) is 7.44. The van der Waals surface area contributed by atoms with Crippen molar-refractivity contribution in [1.29, 1.82) is 0 Å². The predicted octanol–water partition coefficient (Wildman–Crippen LogP) is 6.73.